The predicted octanol–water partition coefficient (Wildman–Crippen LogP) is 4.77. The van der Waals surface area contributed by atoms with Crippen molar-refractivity contribution in [1.29, 1.82) is 0 Å². The van der Waals surface area contributed by atoms with Gasteiger partial charge in [-0.2, -0.15) is 4.31 Å². The van der Waals surface area contributed by atoms with Gasteiger partial charge in [0, 0.05) is 18.1 Å². The van der Waals surface area contributed by atoms with Gasteiger partial charge in [-0.1, -0.05) is 54.1 Å². The summed E-state index contributed by atoms with van der Waals surface area (Å²) in [5.74, 6) is -0.500. The van der Waals surface area contributed by atoms with Crippen LogP contribution in [0.4, 0.5) is 0 Å². The lowest BCUT2D eigenvalue weighted by Crippen LogP contribution is -2.45. The number of sulfonamides is 1. The van der Waals surface area contributed by atoms with Crippen molar-refractivity contribution in [3.63, 3.8) is 0 Å². The number of fused-ring (bicyclic) bond motifs is 1. The molecule has 3 aromatic rings. The van der Waals surface area contributed by atoms with E-state index in [2.05, 4.69) is 5.32 Å². The molecule has 0 saturated carbocycles. The van der Waals surface area contributed by atoms with E-state index in [-0.39, 0.29) is 29.3 Å². The maximum atomic E-state index is 13.3. The van der Waals surface area contributed by atoms with Crippen molar-refractivity contribution in [3.05, 3.63) is 77.3 Å². The first-order valence-electron chi connectivity index (χ1n) is 10.4. The molecule has 4 rings (SSSR count). The van der Waals surface area contributed by atoms with Gasteiger partial charge in [0.2, 0.25) is 15.9 Å². The van der Waals surface area contributed by atoms with E-state index in [1.807, 2.05) is 49.4 Å². The molecule has 0 unspecified atom stereocenters. The van der Waals surface area contributed by atoms with Gasteiger partial charge in [-0.3, -0.25) is 4.79 Å². The summed E-state index contributed by atoms with van der Waals surface area (Å²) in [4.78, 5) is 13.1. The summed E-state index contributed by atoms with van der Waals surface area (Å²) in [7, 11) is -3.67. The van der Waals surface area contributed by atoms with E-state index in [1.165, 1.54) is 4.31 Å². The highest BCUT2D eigenvalue weighted by Gasteiger charge is 2.33. The molecule has 7 heteroatoms. The van der Waals surface area contributed by atoms with Crippen LogP contribution in [0.15, 0.2) is 71.6 Å². The third-order valence-electron chi connectivity index (χ3n) is 5.84. The smallest absolute Gasteiger partial charge is 0.243 e. The first-order valence-corrected chi connectivity index (χ1v) is 12.2. The predicted molar refractivity (Wildman–Crippen MR) is 123 cm³/mol. The SMILES string of the molecule is C[C@@H](NC(=O)[C@@H]1CCCN(S(=O)(=O)c2ccc3ccccc3c2)C1)c1ccc(Cl)cc1. The number of hydrogen-bond acceptors (Lipinski definition) is 3. The molecule has 1 saturated heterocycles. The Labute approximate surface area is 188 Å². The number of nitrogens with one attached hydrogen (secondary N) is 1. The molecule has 1 aliphatic heterocycles. The van der Waals surface area contributed by atoms with Crippen LogP contribution in [-0.2, 0) is 14.8 Å². The maximum Gasteiger partial charge on any atom is 0.243 e. The summed E-state index contributed by atoms with van der Waals surface area (Å²) < 4.78 is 28.0. The summed E-state index contributed by atoms with van der Waals surface area (Å²) in [6, 6.07) is 20.0. The fraction of sp³-hybridized carbons (Fsp3) is 0.292. The number of rotatable bonds is 5. The second kappa shape index (κ2) is 8.99. The van der Waals surface area contributed by atoms with E-state index in [0.717, 1.165) is 16.3 Å². The van der Waals surface area contributed by atoms with Crippen molar-refractivity contribution in [1.82, 2.24) is 9.62 Å². The lowest BCUT2D eigenvalue weighted by atomic mass is 9.98. The Morgan fingerprint density at radius 3 is 2.52 bits per heavy atom. The highest BCUT2D eigenvalue weighted by atomic mass is 35.5. The van der Waals surface area contributed by atoms with Gasteiger partial charge in [0.05, 0.1) is 16.9 Å². The van der Waals surface area contributed by atoms with Crippen LogP contribution in [0.2, 0.25) is 5.02 Å². The van der Waals surface area contributed by atoms with Crippen LogP contribution < -0.4 is 5.32 Å². The van der Waals surface area contributed by atoms with Gasteiger partial charge in [0.15, 0.2) is 0 Å². The van der Waals surface area contributed by atoms with Crippen LogP contribution in [0.5, 0.6) is 0 Å². The van der Waals surface area contributed by atoms with Crippen molar-refractivity contribution in [2.24, 2.45) is 5.92 Å². The molecule has 162 valence electrons. The monoisotopic (exact) mass is 456 g/mol. The number of benzene rings is 3. The van der Waals surface area contributed by atoms with E-state index in [9.17, 15) is 13.2 Å². The van der Waals surface area contributed by atoms with Gasteiger partial charge in [-0.25, -0.2) is 8.42 Å². The van der Waals surface area contributed by atoms with E-state index in [4.69, 9.17) is 11.6 Å². The highest BCUT2D eigenvalue weighted by Crippen LogP contribution is 2.27. The topological polar surface area (TPSA) is 66.5 Å². The molecule has 0 aliphatic carbocycles. The summed E-state index contributed by atoms with van der Waals surface area (Å²) in [6.45, 7) is 2.52. The first-order chi connectivity index (χ1) is 14.8. The van der Waals surface area contributed by atoms with E-state index in [0.29, 0.717) is 24.4 Å². The van der Waals surface area contributed by atoms with E-state index in [1.54, 1.807) is 24.3 Å². The zero-order valence-corrected chi connectivity index (χ0v) is 18.9. The van der Waals surface area contributed by atoms with Crippen LogP contribution in [-0.4, -0.2) is 31.7 Å². The normalized spacial score (nSPS) is 18.6. The first kappa shape index (κ1) is 21.8. The highest BCUT2D eigenvalue weighted by molar-refractivity contribution is 7.89. The van der Waals surface area contributed by atoms with Gasteiger partial charge >= 0.3 is 0 Å². The lowest BCUT2D eigenvalue weighted by Gasteiger charge is -2.32. The number of carbonyl (C=O) groups is 1. The molecule has 31 heavy (non-hydrogen) atoms. The maximum absolute atomic E-state index is 13.3. The zero-order chi connectivity index (χ0) is 22.0. The minimum atomic E-state index is -3.67. The average molecular weight is 457 g/mol. The van der Waals surface area contributed by atoms with Crippen molar-refractivity contribution >= 4 is 38.3 Å². The van der Waals surface area contributed by atoms with Gasteiger partial charge < -0.3 is 5.32 Å². The minimum Gasteiger partial charge on any atom is -0.349 e. The molecular formula is C24H25ClN2O3S. The second-order valence-corrected chi connectivity index (χ2v) is 10.4. The van der Waals surface area contributed by atoms with Crippen molar-refractivity contribution < 1.29 is 13.2 Å². The van der Waals surface area contributed by atoms with Crippen LogP contribution in [0.25, 0.3) is 10.8 Å². The Bertz CT molecular complexity index is 1190. The molecule has 0 spiro atoms. The van der Waals surface area contributed by atoms with Crippen molar-refractivity contribution in [2.75, 3.05) is 13.1 Å². The Hall–Kier alpha value is -2.41. The zero-order valence-electron chi connectivity index (χ0n) is 17.3. The van der Waals surface area contributed by atoms with Crippen molar-refractivity contribution in [2.45, 2.75) is 30.7 Å². The quantitative estimate of drug-likeness (QED) is 0.601. The van der Waals surface area contributed by atoms with Gasteiger partial charge in [0.1, 0.15) is 0 Å². The second-order valence-electron chi connectivity index (χ2n) is 7.99. The van der Waals surface area contributed by atoms with E-state index >= 15 is 0 Å². The Kier molecular flexibility index (Phi) is 6.32. The number of hydrogen-bond donors (Lipinski definition) is 1. The molecule has 1 heterocycles. The Morgan fingerprint density at radius 2 is 1.77 bits per heavy atom. The van der Waals surface area contributed by atoms with Crippen LogP contribution in [0.1, 0.15) is 31.4 Å². The molecule has 0 bridgehead atoms. The standard InChI is InChI=1S/C24H25ClN2O3S/c1-17(18-8-11-22(25)12-9-18)26-24(28)21-7-4-14-27(16-21)31(29,30)23-13-10-19-5-2-3-6-20(19)15-23/h2-3,5-6,8-13,15,17,21H,4,7,14,16H2,1H3,(H,26,28)/t17-,21-/m1/s1. The van der Waals surface area contributed by atoms with Crippen LogP contribution in [0.3, 0.4) is 0 Å². The fourth-order valence-corrected chi connectivity index (χ4v) is 5.70. The molecule has 0 radical (unpaired) electrons. The van der Waals surface area contributed by atoms with Crippen molar-refractivity contribution in [3.8, 4) is 0 Å². The average Bonchev–Trinajstić information content (AvgIpc) is 2.79. The summed E-state index contributed by atoms with van der Waals surface area (Å²) >= 11 is 5.94. The number of amides is 1. The molecule has 1 N–H and O–H groups in total. The minimum absolute atomic E-state index is 0.124. The molecule has 1 fully saturated rings. The number of nitrogens with zero attached hydrogens (tertiary/aromatic N) is 1. The van der Waals surface area contributed by atoms with Crippen LogP contribution >= 0.6 is 11.6 Å². The summed E-state index contributed by atoms with van der Waals surface area (Å²) in [5.41, 5.74) is 0.953. The molecule has 5 nitrogen and oxygen atoms in total. The third-order valence-corrected chi connectivity index (χ3v) is 7.96. The number of piperidine rings is 1. The largest absolute Gasteiger partial charge is 0.349 e. The molecule has 0 aromatic heterocycles. The molecular weight excluding hydrogens is 432 g/mol. The third kappa shape index (κ3) is 4.76. The Balaban J connectivity index is 1.47. The molecule has 1 amide bonds. The van der Waals surface area contributed by atoms with E-state index < -0.39 is 10.0 Å². The number of carbonyl (C=O) groups excluding carboxylic acids is 1. The molecule has 1 aliphatic rings. The van der Waals surface area contributed by atoms with Crippen LogP contribution in [0, 0.1) is 5.92 Å². The molecule has 3 aromatic carbocycles. The van der Waals surface area contributed by atoms with Gasteiger partial charge in [0.25, 0.3) is 0 Å². The van der Waals surface area contributed by atoms with Gasteiger partial charge in [-0.05, 0) is 60.4 Å². The Morgan fingerprint density at radius 1 is 1.06 bits per heavy atom. The summed E-state index contributed by atoms with van der Waals surface area (Å²) in [5, 5.41) is 5.54. The lowest BCUT2D eigenvalue weighted by molar-refractivity contribution is -0.126. The van der Waals surface area contributed by atoms with Gasteiger partial charge in [-0.15, -0.1) is 0 Å². The summed E-state index contributed by atoms with van der Waals surface area (Å²) in [6.07, 6.45) is 1.32. The fourth-order valence-electron chi connectivity index (χ4n) is 4.02. The molecule has 2 atom stereocenters. The number of halogens is 1.